The van der Waals surface area contributed by atoms with E-state index in [1.807, 2.05) is 6.07 Å². The van der Waals surface area contributed by atoms with Crippen LogP contribution in [-0.4, -0.2) is 64.5 Å². The maximum atomic E-state index is 13.4. The van der Waals surface area contributed by atoms with Crippen LogP contribution in [0.4, 0.5) is 5.69 Å². The Morgan fingerprint density at radius 3 is 2.50 bits per heavy atom. The van der Waals surface area contributed by atoms with E-state index < -0.39 is 0 Å². The highest BCUT2D eigenvalue weighted by molar-refractivity contribution is 5.79. The van der Waals surface area contributed by atoms with E-state index in [1.54, 1.807) is 0 Å². The molecule has 180 valence electrons. The predicted molar refractivity (Wildman–Crippen MR) is 138 cm³/mol. The standard InChI is InChI=1S/C28H37N5O/c1-21(2)23-10-4-6-12-25(23)32-15-17-33(18-16-32)28(34)22-9-8-14-31(19-22)20-27-29-24-11-5-7-13-26(24)30(27)3/h4-7,10-13,21-22H,8-9,14-20H2,1-3H3/t22-/m0/s1. The third kappa shape index (κ3) is 4.56. The summed E-state index contributed by atoms with van der Waals surface area (Å²) in [7, 11) is 2.09. The number of amides is 1. The number of aryl methyl sites for hydroxylation is 1. The second kappa shape index (κ2) is 9.79. The van der Waals surface area contributed by atoms with Gasteiger partial charge < -0.3 is 14.4 Å². The molecule has 0 aliphatic carbocycles. The van der Waals surface area contributed by atoms with Gasteiger partial charge in [0.2, 0.25) is 5.91 Å². The summed E-state index contributed by atoms with van der Waals surface area (Å²) >= 11 is 0. The molecule has 2 aliphatic rings. The molecule has 6 heteroatoms. The van der Waals surface area contributed by atoms with Gasteiger partial charge in [0.05, 0.1) is 23.5 Å². The number of piperidine rings is 1. The summed E-state index contributed by atoms with van der Waals surface area (Å²) in [6.07, 6.45) is 2.07. The molecular weight excluding hydrogens is 422 g/mol. The highest BCUT2D eigenvalue weighted by Crippen LogP contribution is 2.29. The molecule has 5 rings (SSSR count). The van der Waals surface area contributed by atoms with Crippen molar-refractivity contribution in [3.8, 4) is 0 Å². The maximum absolute atomic E-state index is 13.4. The van der Waals surface area contributed by atoms with E-state index in [0.717, 1.165) is 70.0 Å². The summed E-state index contributed by atoms with van der Waals surface area (Å²) in [6.45, 7) is 10.6. The molecule has 3 aromatic rings. The fourth-order valence-corrected chi connectivity index (χ4v) is 5.63. The van der Waals surface area contributed by atoms with Crippen LogP contribution in [0.5, 0.6) is 0 Å². The molecule has 1 aromatic heterocycles. The van der Waals surface area contributed by atoms with E-state index >= 15 is 0 Å². The van der Waals surface area contributed by atoms with E-state index in [2.05, 4.69) is 82.6 Å². The monoisotopic (exact) mass is 459 g/mol. The number of nitrogens with zero attached hydrogens (tertiary/aromatic N) is 5. The van der Waals surface area contributed by atoms with E-state index in [4.69, 9.17) is 4.98 Å². The number of carbonyl (C=O) groups excluding carboxylic acids is 1. The van der Waals surface area contributed by atoms with E-state index in [-0.39, 0.29) is 5.92 Å². The molecule has 0 saturated carbocycles. The number of hydrogen-bond acceptors (Lipinski definition) is 4. The summed E-state index contributed by atoms with van der Waals surface area (Å²) in [5, 5.41) is 0. The van der Waals surface area contributed by atoms with E-state index in [1.165, 1.54) is 16.8 Å². The van der Waals surface area contributed by atoms with Gasteiger partial charge in [0, 0.05) is 45.5 Å². The summed E-state index contributed by atoms with van der Waals surface area (Å²) in [6, 6.07) is 17.0. The van der Waals surface area contributed by atoms with Crippen molar-refractivity contribution in [3.63, 3.8) is 0 Å². The fraction of sp³-hybridized carbons (Fsp3) is 0.500. The van der Waals surface area contributed by atoms with Crippen molar-refractivity contribution in [3.05, 3.63) is 59.9 Å². The third-order valence-corrected chi connectivity index (χ3v) is 7.59. The van der Waals surface area contributed by atoms with Gasteiger partial charge in [-0.05, 0) is 49.1 Å². The van der Waals surface area contributed by atoms with Crippen molar-refractivity contribution < 1.29 is 4.79 Å². The average molecular weight is 460 g/mol. The summed E-state index contributed by atoms with van der Waals surface area (Å²) in [4.78, 5) is 25.3. The van der Waals surface area contributed by atoms with Gasteiger partial charge >= 0.3 is 0 Å². The number of likely N-dealkylation sites (tertiary alicyclic amines) is 1. The van der Waals surface area contributed by atoms with Crippen LogP contribution >= 0.6 is 0 Å². The largest absolute Gasteiger partial charge is 0.368 e. The van der Waals surface area contributed by atoms with Crippen molar-refractivity contribution in [2.45, 2.75) is 39.2 Å². The summed E-state index contributed by atoms with van der Waals surface area (Å²) in [5.41, 5.74) is 4.93. The molecule has 0 N–H and O–H groups in total. The van der Waals surface area contributed by atoms with Crippen LogP contribution in [0.3, 0.4) is 0 Å². The van der Waals surface area contributed by atoms with Gasteiger partial charge in [-0.3, -0.25) is 9.69 Å². The Kier molecular flexibility index (Phi) is 6.59. The van der Waals surface area contributed by atoms with E-state index in [9.17, 15) is 4.79 Å². The molecule has 2 saturated heterocycles. The molecule has 2 fully saturated rings. The normalized spacial score (nSPS) is 19.8. The number of piperazine rings is 1. The molecule has 0 spiro atoms. The zero-order chi connectivity index (χ0) is 23.7. The fourth-order valence-electron chi connectivity index (χ4n) is 5.63. The summed E-state index contributed by atoms with van der Waals surface area (Å²) in [5.74, 6) is 2.01. The molecular formula is C28H37N5O. The van der Waals surface area contributed by atoms with Crippen molar-refractivity contribution >= 4 is 22.6 Å². The molecule has 2 aromatic carbocycles. The molecule has 0 bridgehead atoms. The molecule has 1 atom stereocenters. The van der Waals surface area contributed by atoms with Crippen LogP contribution in [0.1, 0.15) is 44.0 Å². The second-order valence-corrected chi connectivity index (χ2v) is 10.2. The number of hydrogen-bond donors (Lipinski definition) is 0. The topological polar surface area (TPSA) is 44.6 Å². The lowest BCUT2D eigenvalue weighted by Crippen LogP contribution is -2.52. The quantitative estimate of drug-likeness (QED) is 0.572. The lowest BCUT2D eigenvalue weighted by molar-refractivity contribution is -0.137. The van der Waals surface area contributed by atoms with Gasteiger partial charge in [-0.15, -0.1) is 0 Å². The molecule has 34 heavy (non-hydrogen) atoms. The Hall–Kier alpha value is -2.86. The van der Waals surface area contributed by atoms with Crippen molar-refractivity contribution in [2.24, 2.45) is 13.0 Å². The minimum atomic E-state index is 0.0953. The molecule has 3 heterocycles. The number of fused-ring (bicyclic) bond motifs is 1. The zero-order valence-electron chi connectivity index (χ0n) is 20.8. The lowest BCUT2D eigenvalue weighted by Gasteiger charge is -2.40. The molecule has 6 nitrogen and oxygen atoms in total. The van der Waals surface area contributed by atoms with Gasteiger partial charge in [-0.25, -0.2) is 4.98 Å². The van der Waals surface area contributed by atoms with Crippen LogP contribution in [0, 0.1) is 5.92 Å². The number of imidazole rings is 1. The van der Waals surface area contributed by atoms with Crippen molar-refractivity contribution in [2.75, 3.05) is 44.2 Å². The number of para-hydroxylation sites is 3. The lowest BCUT2D eigenvalue weighted by atomic mass is 9.96. The molecule has 0 unspecified atom stereocenters. The first-order valence-corrected chi connectivity index (χ1v) is 12.8. The SMILES string of the molecule is CC(C)c1ccccc1N1CCN(C(=O)[C@H]2CCCN(Cc3nc4ccccc4n3C)C2)CC1. The van der Waals surface area contributed by atoms with Gasteiger partial charge in [-0.1, -0.05) is 44.2 Å². The molecule has 0 radical (unpaired) electrons. The number of carbonyl (C=O) groups is 1. The van der Waals surface area contributed by atoms with Crippen molar-refractivity contribution in [1.82, 2.24) is 19.4 Å². The average Bonchev–Trinajstić information content (AvgIpc) is 3.19. The maximum Gasteiger partial charge on any atom is 0.227 e. The first-order chi connectivity index (χ1) is 16.5. The van der Waals surface area contributed by atoms with Crippen LogP contribution in [0.15, 0.2) is 48.5 Å². The van der Waals surface area contributed by atoms with Crippen LogP contribution in [0.2, 0.25) is 0 Å². The second-order valence-electron chi connectivity index (χ2n) is 10.2. The van der Waals surface area contributed by atoms with Crippen LogP contribution in [0.25, 0.3) is 11.0 Å². The smallest absolute Gasteiger partial charge is 0.227 e. The van der Waals surface area contributed by atoms with Gasteiger partial charge in [0.1, 0.15) is 5.82 Å². The first-order valence-electron chi connectivity index (χ1n) is 12.8. The Labute approximate surface area is 203 Å². The van der Waals surface area contributed by atoms with Crippen LogP contribution < -0.4 is 4.90 Å². The highest BCUT2D eigenvalue weighted by Gasteiger charge is 2.32. The zero-order valence-corrected chi connectivity index (χ0v) is 20.8. The highest BCUT2D eigenvalue weighted by atomic mass is 16.2. The van der Waals surface area contributed by atoms with Crippen molar-refractivity contribution in [1.29, 1.82) is 0 Å². The number of anilines is 1. The summed E-state index contributed by atoms with van der Waals surface area (Å²) < 4.78 is 2.19. The number of rotatable bonds is 5. The Morgan fingerprint density at radius 2 is 1.74 bits per heavy atom. The van der Waals surface area contributed by atoms with Gasteiger partial charge in [0.15, 0.2) is 0 Å². The Morgan fingerprint density at radius 1 is 1.00 bits per heavy atom. The Balaban J connectivity index is 1.20. The van der Waals surface area contributed by atoms with E-state index in [0.29, 0.717) is 11.8 Å². The molecule has 2 aliphatic heterocycles. The molecule has 1 amide bonds. The minimum Gasteiger partial charge on any atom is -0.368 e. The third-order valence-electron chi connectivity index (χ3n) is 7.59. The predicted octanol–water partition coefficient (Wildman–Crippen LogP) is 4.26. The van der Waals surface area contributed by atoms with Crippen LogP contribution in [-0.2, 0) is 18.4 Å². The minimum absolute atomic E-state index is 0.0953. The number of benzene rings is 2. The van der Waals surface area contributed by atoms with Gasteiger partial charge in [-0.2, -0.15) is 0 Å². The van der Waals surface area contributed by atoms with Gasteiger partial charge in [0.25, 0.3) is 0 Å². The first kappa shape index (κ1) is 22.9. The number of aromatic nitrogens is 2. The Bertz CT molecular complexity index is 1140.